The minimum absolute atomic E-state index is 0.371. The fourth-order valence-electron chi connectivity index (χ4n) is 2.10. The molecule has 0 saturated heterocycles. The van der Waals surface area contributed by atoms with E-state index in [-0.39, 0.29) is 6.10 Å². The van der Waals surface area contributed by atoms with Crippen LogP contribution in [-0.4, -0.2) is 11.2 Å². The fraction of sp³-hybridized carbons (Fsp3) is 0.250. The summed E-state index contributed by atoms with van der Waals surface area (Å²) in [4.78, 5) is 0. The lowest BCUT2D eigenvalue weighted by atomic mass is 9.98. The summed E-state index contributed by atoms with van der Waals surface area (Å²) in [5.74, 6) is 0. The molecule has 0 aliphatic carbocycles. The molecule has 0 fully saturated rings. The predicted octanol–water partition coefficient (Wildman–Crippen LogP) is 3.79. The van der Waals surface area contributed by atoms with Gasteiger partial charge in [0, 0.05) is 5.02 Å². The van der Waals surface area contributed by atoms with Crippen molar-refractivity contribution in [1.29, 1.82) is 0 Å². The highest BCUT2D eigenvalue weighted by molar-refractivity contribution is 6.30. The Bertz CT molecular complexity index is 522. The number of aliphatic hydroxyl groups is 1. The lowest BCUT2D eigenvalue weighted by Gasteiger charge is -2.12. The molecule has 0 radical (unpaired) electrons. The molecule has 2 aromatic rings. The molecule has 2 aromatic carbocycles. The molecule has 2 heteroatoms. The number of hydrogen-bond acceptors (Lipinski definition) is 1. The molecule has 0 bridgehead atoms. The Morgan fingerprint density at radius 2 is 1.83 bits per heavy atom. The number of halogens is 1. The Morgan fingerprint density at radius 3 is 2.56 bits per heavy atom. The van der Waals surface area contributed by atoms with Crippen LogP contribution in [0.15, 0.2) is 48.5 Å². The highest BCUT2D eigenvalue weighted by Crippen LogP contribution is 2.15. The van der Waals surface area contributed by atoms with Gasteiger partial charge in [-0.3, -0.25) is 0 Å². The summed E-state index contributed by atoms with van der Waals surface area (Å²) in [7, 11) is 0. The molecule has 0 aliphatic heterocycles. The van der Waals surface area contributed by atoms with Crippen LogP contribution in [0.3, 0.4) is 0 Å². The number of hydrogen-bond donors (Lipinski definition) is 1. The second kappa shape index (κ2) is 6.03. The molecule has 0 amide bonds. The van der Waals surface area contributed by atoms with Crippen molar-refractivity contribution in [2.24, 2.45) is 0 Å². The molecule has 0 heterocycles. The predicted molar refractivity (Wildman–Crippen MR) is 76.0 cm³/mol. The third-order valence-electron chi connectivity index (χ3n) is 3.08. The maximum absolute atomic E-state index is 10.1. The Hall–Kier alpha value is -1.31. The lowest BCUT2D eigenvalue weighted by molar-refractivity contribution is 0.175. The van der Waals surface area contributed by atoms with Crippen LogP contribution < -0.4 is 0 Å². The van der Waals surface area contributed by atoms with E-state index >= 15 is 0 Å². The van der Waals surface area contributed by atoms with Crippen LogP contribution in [0.1, 0.15) is 16.7 Å². The van der Waals surface area contributed by atoms with Crippen molar-refractivity contribution in [2.75, 3.05) is 0 Å². The zero-order valence-corrected chi connectivity index (χ0v) is 11.2. The minimum atomic E-state index is -0.371. The molecule has 18 heavy (non-hydrogen) atoms. The van der Waals surface area contributed by atoms with Crippen molar-refractivity contribution in [3.63, 3.8) is 0 Å². The number of benzene rings is 2. The zero-order chi connectivity index (χ0) is 13.0. The highest BCUT2D eigenvalue weighted by Gasteiger charge is 2.08. The van der Waals surface area contributed by atoms with Crippen LogP contribution in [0.4, 0.5) is 0 Å². The Kier molecular flexibility index (Phi) is 4.40. The van der Waals surface area contributed by atoms with Crippen molar-refractivity contribution in [3.8, 4) is 0 Å². The summed E-state index contributed by atoms with van der Waals surface area (Å²) in [6, 6.07) is 15.8. The summed E-state index contributed by atoms with van der Waals surface area (Å²) in [5, 5.41) is 10.8. The molecule has 0 aliphatic rings. The zero-order valence-electron chi connectivity index (χ0n) is 10.4. The number of aryl methyl sites for hydroxylation is 1. The molecule has 94 valence electrons. The van der Waals surface area contributed by atoms with Crippen LogP contribution in [0.25, 0.3) is 0 Å². The van der Waals surface area contributed by atoms with Gasteiger partial charge in [0.15, 0.2) is 0 Å². The standard InChI is InChI=1S/C16H17ClO/c1-12-5-2-3-7-14(12)11-16(18)10-13-6-4-8-15(17)9-13/h2-9,16,18H,10-11H2,1H3. The van der Waals surface area contributed by atoms with E-state index in [1.54, 1.807) is 0 Å². The molecule has 0 aromatic heterocycles. The van der Waals surface area contributed by atoms with E-state index in [4.69, 9.17) is 11.6 Å². The first-order chi connectivity index (χ1) is 8.65. The molecule has 1 atom stereocenters. The van der Waals surface area contributed by atoms with Crippen LogP contribution in [0.2, 0.25) is 5.02 Å². The van der Waals surface area contributed by atoms with Crippen molar-refractivity contribution in [1.82, 2.24) is 0 Å². The highest BCUT2D eigenvalue weighted by atomic mass is 35.5. The van der Waals surface area contributed by atoms with Crippen LogP contribution in [0.5, 0.6) is 0 Å². The van der Waals surface area contributed by atoms with E-state index in [2.05, 4.69) is 19.1 Å². The smallest absolute Gasteiger partial charge is 0.0620 e. The monoisotopic (exact) mass is 260 g/mol. The Balaban J connectivity index is 2.01. The van der Waals surface area contributed by atoms with E-state index < -0.39 is 0 Å². The van der Waals surface area contributed by atoms with Gasteiger partial charge < -0.3 is 5.11 Å². The van der Waals surface area contributed by atoms with Crippen molar-refractivity contribution >= 4 is 11.6 Å². The van der Waals surface area contributed by atoms with E-state index in [9.17, 15) is 5.11 Å². The lowest BCUT2D eigenvalue weighted by Crippen LogP contribution is -2.14. The molecule has 2 rings (SSSR count). The minimum Gasteiger partial charge on any atom is -0.392 e. The maximum atomic E-state index is 10.1. The van der Waals surface area contributed by atoms with Gasteiger partial charge in [0.05, 0.1) is 6.10 Å². The molecule has 0 spiro atoms. The Morgan fingerprint density at radius 1 is 1.06 bits per heavy atom. The van der Waals surface area contributed by atoms with Crippen LogP contribution in [-0.2, 0) is 12.8 Å². The second-order valence-corrected chi connectivity index (χ2v) is 5.05. The average molecular weight is 261 g/mol. The van der Waals surface area contributed by atoms with E-state index in [1.807, 2.05) is 36.4 Å². The average Bonchev–Trinajstić information content (AvgIpc) is 2.32. The summed E-state index contributed by atoms with van der Waals surface area (Å²) < 4.78 is 0. The second-order valence-electron chi connectivity index (χ2n) is 4.62. The van der Waals surface area contributed by atoms with Gasteiger partial charge >= 0.3 is 0 Å². The van der Waals surface area contributed by atoms with Gasteiger partial charge in [-0.25, -0.2) is 0 Å². The largest absolute Gasteiger partial charge is 0.392 e. The molecular formula is C16H17ClO. The fourth-order valence-corrected chi connectivity index (χ4v) is 2.31. The summed E-state index contributed by atoms with van der Waals surface area (Å²) in [6.45, 7) is 2.07. The summed E-state index contributed by atoms with van der Waals surface area (Å²) >= 11 is 5.93. The van der Waals surface area contributed by atoms with Gasteiger partial charge in [-0.1, -0.05) is 48.0 Å². The molecule has 0 saturated carbocycles. The third-order valence-corrected chi connectivity index (χ3v) is 3.31. The third kappa shape index (κ3) is 3.59. The maximum Gasteiger partial charge on any atom is 0.0620 e. The SMILES string of the molecule is Cc1ccccc1CC(O)Cc1cccc(Cl)c1. The van der Waals surface area contributed by atoms with Crippen LogP contribution in [0, 0.1) is 6.92 Å². The first-order valence-electron chi connectivity index (χ1n) is 6.12. The summed E-state index contributed by atoms with van der Waals surface area (Å²) in [6.07, 6.45) is 0.943. The Labute approximate surface area is 113 Å². The topological polar surface area (TPSA) is 20.2 Å². The number of aliphatic hydroxyl groups excluding tert-OH is 1. The van der Waals surface area contributed by atoms with Crippen molar-refractivity contribution < 1.29 is 5.11 Å². The molecule has 1 unspecified atom stereocenters. The molecule has 1 N–H and O–H groups in total. The van der Waals surface area contributed by atoms with Crippen molar-refractivity contribution in [3.05, 3.63) is 70.2 Å². The van der Waals surface area contributed by atoms with Gasteiger partial charge in [0.25, 0.3) is 0 Å². The van der Waals surface area contributed by atoms with Crippen molar-refractivity contribution in [2.45, 2.75) is 25.9 Å². The van der Waals surface area contributed by atoms with Gasteiger partial charge in [0.1, 0.15) is 0 Å². The molecule has 1 nitrogen and oxygen atoms in total. The van der Waals surface area contributed by atoms with E-state index in [1.165, 1.54) is 11.1 Å². The number of rotatable bonds is 4. The molecular weight excluding hydrogens is 244 g/mol. The quantitative estimate of drug-likeness (QED) is 0.887. The van der Waals surface area contributed by atoms with Crippen LogP contribution >= 0.6 is 11.6 Å². The first kappa shape index (κ1) is 13.1. The van der Waals surface area contributed by atoms with E-state index in [0.29, 0.717) is 12.8 Å². The van der Waals surface area contributed by atoms with Gasteiger partial charge in [-0.05, 0) is 48.6 Å². The van der Waals surface area contributed by atoms with Gasteiger partial charge in [0.2, 0.25) is 0 Å². The van der Waals surface area contributed by atoms with Gasteiger partial charge in [-0.2, -0.15) is 0 Å². The summed E-state index contributed by atoms with van der Waals surface area (Å²) in [5.41, 5.74) is 3.50. The normalized spacial score (nSPS) is 12.4. The van der Waals surface area contributed by atoms with Gasteiger partial charge in [-0.15, -0.1) is 0 Å². The first-order valence-corrected chi connectivity index (χ1v) is 6.50. The van der Waals surface area contributed by atoms with E-state index in [0.717, 1.165) is 10.6 Å².